The summed E-state index contributed by atoms with van der Waals surface area (Å²) in [5, 5.41) is 2.98. The van der Waals surface area contributed by atoms with Gasteiger partial charge in [0.15, 0.2) is 0 Å². The van der Waals surface area contributed by atoms with E-state index in [-0.39, 0.29) is 11.9 Å². The second kappa shape index (κ2) is 8.61. The fraction of sp³-hybridized carbons (Fsp3) is 0.273. The van der Waals surface area contributed by atoms with E-state index in [1.807, 2.05) is 56.3 Å². The predicted octanol–water partition coefficient (Wildman–Crippen LogP) is 4.08. The number of carbonyl (C=O) groups excluding carboxylic acids is 1. The summed E-state index contributed by atoms with van der Waals surface area (Å²) in [4.78, 5) is 16.7. The SMILES string of the molecule is CCC(C)NC(=O)c1cncn1-c1ccc(-c2c(OC)cccc2OC)cc1. The number of methoxy groups -OCH3 is 2. The highest BCUT2D eigenvalue weighted by atomic mass is 16.5. The predicted molar refractivity (Wildman–Crippen MR) is 109 cm³/mol. The molecule has 1 unspecified atom stereocenters. The number of imidazole rings is 1. The summed E-state index contributed by atoms with van der Waals surface area (Å²) in [6.07, 6.45) is 4.09. The van der Waals surface area contributed by atoms with Crippen LogP contribution in [-0.4, -0.2) is 35.7 Å². The third-order valence-electron chi connectivity index (χ3n) is 4.72. The molecule has 3 rings (SSSR count). The van der Waals surface area contributed by atoms with Gasteiger partial charge in [0.25, 0.3) is 5.91 Å². The van der Waals surface area contributed by atoms with E-state index in [4.69, 9.17) is 9.47 Å². The minimum atomic E-state index is -0.137. The lowest BCUT2D eigenvalue weighted by molar-refractivity contribution is 0.0932. The van der Waals surface area contributed by atoms with Crippen LogP contribution in [-0.2, 0) is 0 Å². The van der Waals surface area contributed by atoms with Crippen molar-refractivity contribution in [3.63, 3.8) is 0 Å². The smallest absolute Gasteiger partial charge is 0.270 e. The first-order chi connectivity index (χ1) is 13.6. The highest BCUT2D eigenvalue weighted by Gasteiger charge is 2.16. The largest absolute Gasteiger partial charge is 0.496 e. The Morgan fingerprint density at radius 1 is 1.11 bits per heavy atom. The van der Waals surface area contributed by atoms with Gasteiger partial charge in [-0.1, -0.05) is 25.1 Å². The number of amides is 1. The van der Waals surface area contributed by atoms with Crippen LogP contribution in [0.1, 0.15) is 30.8 Å². The van der Waals surface area contributed by atoms with E-state index < -0.39 is 0 Å². The zero-order valence-corrected chi connectivity index (χ0v) is 16.6. The molecule has 1 amide bonds. The van der Waals surface area contributed by atoms with E-state index in [0.717, 1.165) is 34.7 Å². The van der Waals surface area contributed by atoms with E-state index in [1.54, 1.807) is 31.3 Å². The van der Waals surface area contributed by atoms with Gasteiger partial charge < -0.3 is 14.8 Å². The number of nitrogens with zero attached hydrogens (tertiary/aromatic N) is 2. The third kappa shape index (κ3) is 3.86. The zero-order chi connectivity index (χ0) is 20.1. The van der Waals surface area contributed by atoms with Crippen LogP contribution < -0.4 is 14.8 Å². The molecule has 3 aromatic rings. The first-order valence-corrected chi connectivity index (χ1v) is 9.24. The topological polar surface area (TPSA) is 65.4 Å². The summed E-state index contributed by atoms with van der Waals surface area (Å²) in [6.45, 7) is 4.02. The number of aromatic nitrogens is 2. The summed E-state index contributed by atoms with van der Waals surface area (Å²) in [7, 11) is 3.28. The van der Waals surface area contributed by atoms with Crippen LogP contribution in [0.4, 0.5) is 0 Å². The normalized spacial score (nSPS) is 11.7. The monoisotopic (exact) mass is 379 g/mol. The summed E-state index contributed by atoms with van der Waals surface area (Å²) in [6, 6.07) is 13.7. The first kappa shape index (κ1) is 19.5. The van der Waals surface area contributed by atoms with E-state index in [9.17, 15) is 4.79 Å². The van der Waals surface area contributed by atoms with Gasteiger partial charge in [-0.3, -0.25) is 9.36 Å². The number of carbonyl (C=O) groups is 1. The molecule has 0 radical (unpaired) electrons. The highest BCUT2D eigenvalue weighted by molar-refractivity contribution is 5.93. The first-order valence-electron chi connectivity index (χ1n) is 9.24. The molecule has 0 bridgehead atoms. The quantitative estimate of drug-likeness (QED) is 0.672. The Morgan fingerprint density at radius 2 is 1.75 bits per heavy atom. The number of benzene rings is 2. The third-order valence-corrected chi connectivity index (χ3v) is 4.72. The minimum Gasteiger partial charge on any atom is -0.496 e. The Bertz CT molecular complexity index is 926. The van der Waals surface area contributed by atoms with Gasteiger partial charge in [-0.25, -0.2) is 4.98 Å². The van der Waals surface area contributed by atoms with Crippen molar-refractivity contribution in [3.05, 3.63) is 60.7 Å². The maximum atomic E-state index is 12.5. The molecule has 28 heavy (non-hydrogen) atoms. The van der Waals surface area contributed by atoms with Crippen LogP contribution in [0.3, 0.4) is 0 Å². The van der Waals surface area contributed by atoms with Gasteiger partial charge in [-0.15, -0.1) is 0 Å². The fourth-order valence-electron chi connectivity index (χ4n) is 2.99. The lowest BCUT2D eigenvalue weighted by atomic mass is 10.0. The summed E-state index contributed by atoms with van der Waals surface area (Å²) in [5.74, 6) is 1.34. The van der Waals surface area contributed by atoms with Crippen LogP contribution >= 0.6 is 0 Å². The molecule has 1 N–H and O–H groups in total. The van der Waals surface area contributed by atoms with Crippen molar-refractivity contribution in [3.8, 4) is 28.3 Å². The molecule has 0 saturated heterocycles. The van der Waals surface area contributed by atoms with Crippen LogP contribution in [0.15, 0.2) is 55.0 Å². The van der Waals surface area contributed by atoms with Crippen LogP contribution in [0, 0.1) is 0 Å². The second-order valence-corrected chi connectivity index (χ2v) is 6.52. The number of hydrogen-bond donors (Lipinski definition) is 1. The van der Waals surface area contributed by atoms with E-state index in [0.29, 0.717) is 5.69 Å². The molecule has 0 saturated carbocycles. The molecular weight excluding hydrogens is 354 g/mol. The highest BCUT2D eigenvalue weighted by Crippen LogP contribution is 2.38. The standard InChI is InChI=1S/C22H25N3O3/c1-5-15(2)24-22(26)18-13-23-14-25(18)17-11-9-16(10-12-17)21-19(27-3)7-6-8-20(21)28-4/h6-15H,5H2,1-4H3,(H,24,26). The van der Waals surface area contributed by atoms with Gasteiger partial charge >= 0.3 is 0 Å². The van der Waals surface area contributed by atoms with Gasteiger partial charge in [0.2, 0.25) is 0 Å². The van der Waals surface area contributed by atoms with Crippen LogP contribution in [0.25, 0.3) is 16.8 Å². The van der Waals surface area contributed by atoms with Gasteiger partial charge in [0.05, 0.1) is 32.3 Å². The number of nitrogens with one attached hydrogen (secondary N) is 1. The van der Waals surface area contributed by atoms with Gasteiger partial charge in [0, 0.05) is 11.7 Å². The van der Waals surface area contributed by atoms with Gasteiger partial charge in [-0.05, 0) is 43.2 Å². The van der Waals surface area contributed by atoms with Crippen LogP contribution in [0.5, 0.6) is 11.5 Å². The van der Waals surface area contributed by atoms with Crippen molar-refractivity contribution in [1.29, 1.82) is 0 Å². The Hall–Kier alpha value is -3.28. The number of rotatable bonds is 7. The lowest BCUT2D eigenvalue weighted by Crippen LogP contribution is -2.33. The molecule has 1 atom stereocenters. The summed E-state index contributed by atoms with van der Waals surface area (Å²) >= 11 is 0. The zero-order valence-electron chi connectivity index (χ0n) is 16.6. The van der Waals surface area contributed by atoms with Crippen molar-refractivity contribution >= 4 is 5.91 Å². The minimum absolute atomic E-state index is 0.108. The molecule has 0 aliphatic carbocycles. The fourth-order valence-corrected chi connectivity index (χ4v) is 2.99. The molecule has 1 heterocycles. The summed E-state index contributed by atoms with van der Waals surface area (Å²) in [5.41, 5.74) is 3.20. The van der Waals surface area contributed by atoms with E-state index >= 15 is 0 Å². The molecule has 6 nitrogen and oxygen atoms in total. The second-order valence-electron chi connectivity index (χ2n) is 6.52. The average Bonchev–Trinajstić information content (AvgIpc) is 3.23. The van der Waals surface area contributed by atoms with E-state index in [2.05, 4.69) is 10.3 Å². The van der Waals surface area contributed by atoms with Crippen molar-refractivity contribution in [1.82, 2.24) is 14.9 Å². The Morgan fingerprint density at radius 3 is 2.32 bits per heavy atom. The van der Waals surface area contributed by atoms with Crippen LogP contribution in [0.2, 0.25) is 0 Å². The lowest BCUT2D eigenvalue weighted by Gasteiger charge is -2.15. The molecule has 0 spiro atoms. The molecule has 0 aliphatic heterocycles. The Balaban J connectivity index is 1.94. The van der Waals surface area contributed by atoms with Crippen molar-refractivity contribution in [2.75, 3.05) is 14.2 Å². The number of ether oxygens (including phenoxy) is 2. The molecule has 2 aromatic carbocycles. The Kier molecular flexibility index (Phi) is 5.99. The maximum absolute atomic E-state index is 12.5. The summed E-state index contributed by atoms with van der Waals surface area (Å²) < 4.78 is 12.8. The van der Waals surface area contributed by atoms with Crippen molar-refractivity contribution in [2.45, 2.75) is 26.3 Å². The van der Waals surface area contributed by atoms with Gasteiger partial charge in [-0.2, -0.15) is 0 Å². The maximum Gasteiger partial charge on any atom is 0.270 e. The van der Waals surface area contributed by atoms with Gasteiger partial charge in [0.1, 0.15) is 17.2 Å². The average molecular weight is 379 g/mol. The number of hydrogen-bond acceptors (Lipinski definition) is 4. The Labute approximate surface area is 165 Å². The molecular formula is C22H25N3O3. The van der Waals surface area contributed by atoms with Crippen molar-refractivity contribution < 1.29 is 14.3 Å². The molecule has 0 aliphatic rings. The van der Waals surface area contributed by atoms with E-state index in [1.165, 1.54) is 0 Å². The molecule has 0 fully saturated rings. The van der Waals surface area contributed by atoms with Crippen molar-refractivity contribution in [2.24, 2.45) is 0 Å². The molecule has 1 aromatic heterocycles. The molecule has 146 valence electrons. The molecule has 6 heteroatoms.